The Morgan fingerprint density at radius 2 is 1.85 bits per heavy atom. The van der Waals surface area contributed by atoms with Gasteiger partial charge in [0.2, 0.25) is 10.0 Å². The Kier molecular flexibility index (Phi) is 7.70. The van der Waals surface area contributed by atoms with Crippen LogP contribution in [-0.2, 0) is 10.0 Å². The summed E-state index contributed by atoms with van der Waals surface area (Å²) >= 11 is 3.31. The summed E-state index contributed by atoms with van der Waals surface area (Å²) < 4.78 is 28.2. The van der Waals surface area contributed by atoms with Gasteiger partial charge in [-0.3, -0.25) is 0 Å². The van der Waals surface area contributed by atoms with Crippen molar-refractivity contribution in [3.63, 3.8) is 0 Å². The van der Waals surface area contributed by atoms with E-state index in [0.29, 0.717) is 17.3 Å². The Labute approximate surface area is 136 Å². The van der Waals surface area contributed by atoms with E-state index in [0.717, 1.165) is 5.56 Å². The van der Waals surface area contributed by atoms with Gasteiger partial charge in [0.15, 0.2) is 0 Å². The minimum absolute atomic E-state index is 0. The van der Waals surface area contributed by atoms with Gasteiger partial charge < -0.3 is 5.73 Å². The fourth-order valence-corrected chi connectivity index (χ4v) is 4.64. The first-order valence-corrected chi connectivity index (χ1v) is 8.58. The van der Waals surface area contributed by atoms with Crippen LogP contribution in [0, 0.1) is 6.92 Å². The summed E-state index contributed by atoms with van der Waals surface area (Å²) in [5.41, 5.74) is 6.16. The first kappa shape index (κ1) is 19.9. The number of sulfonamides is 1. The smallest absolute Gasteiger partial charge is 0.242 e. The second-order valence-electron chi connectivity index (χ2n) is 4.73. The molecule has 0 saturated heterocycles. The summed E-state index contributed by atoms with van der Waals surface area (Å²) in [5, 5.41) is 0. The molecule has 1 aromatic carbocycles. The second kappa shape index (κ2) is 7.75. The molecule has 7 heteroatoms. The van der Waals surface area contributed by atoms with Crippen molar-refractivity contribution in [2.75, 3.05) is 6.54 Å². The third-order valence-corrected chi connectivity index (χ3v) is 6.03. The molecule has 4 nitrogen and oxygen atoms in total. The van der Waals surface area contributed by atoms with Crippen LogP contribution in [0.25, 0.3) is 0 Å². The van der Waals surface area contributed by atoms with Gasteiger partial charge in [-0.15, -0.1) is 12.4 Å². The van der Waals surface area contributed by atoms with Gasteiger partial charge >= 0.3 is 0 Å². The van der Waals surface area contributed by atoms with Gasteiger partial charge in [0.25, 0.3) is 0 Å². The predicted octanol–water partition coefficient (Wildman–Crippen LogP) is 2.98. The van der Waals surface area contributed by atoms with Crippen LogP contribution < -0.4 is 10.5 Å². The molecule has 116 valence electrons. The van der Waals surface area contributed by atoms with Gasteiger partial charge in [0, 0.05) is 16.6 Å². The number of hydrogen-bond acceptors (Lipinski definition) is 3. The van der Waals surface area contributed by atoms with Crippen LogP contribution in [0.3, 0.4) is 0 Å². The molecule has 0 bridgehead atoms. The SMILES string of the molecule is CCC(CC)(CN)NS(=O)(=O)c1ccc(C)cc1Br.Cl. The lowest BCUT2D eigenvalue weighted by Gasteiger charge is -2.31. The molecule has 0 amide bonds. The molecule has 0 spiro atoms. The number of benzene rings is 1. The van der Waals surface area contributed by atoms with Crippen LogP contribution in [0.15, 0.2) is 27.6 Å². The molecular formula is C13H22BrClN2O2S. The van der Waals surface area contributed by atoms with Crippen molar-refractivity contribution < 1.29 is 8.42 Å². The second-order valence-corrected chi connectivity index (χ2v) is 7.24. The van der Waals surface area contributed by atoms with E-state index in [9.17, 15) is 8.42 Å². The maximum atomic E-state index is 12.5. The zero-order valence-electron chi connectivity index (χ0n) is 11.9. The Bertz CT molecular complexity index is 537. The van der Waals surface area contributed by atoms with E-state index >= 15 is 0 Å². The van der Waals surface area contributed by atoms with Crippen LogP contribution in [0.4, 0.5) is 0 Å². The van der Waals surface area contributed by atoms with E-state index in [-0.39, 0.29) is 23.8 Å². The molecule has 0 fully saturated rings. The van der Waals surface area contributed by atoms with Gasteiger partial charge in [-0.05, 0) is 53.4 Å². The monoisotopic (exact) mass is 384 g/mol. The number of nitrogens with one attached hydrogen (secondary N) is 1. The zero-order valence-corrected chi connectivity index (χ0v) is 15.2. The van der Waals surface area contributed by atoms with E-state index in [1.54, 1.807) is 18.2 Å². The van der Waals surface area contributed by atoms with Crippen LogP contribution in [0.2, 0.25) is 0 Å². The third kappa shape index (κ3) is 4.43. The Balaban J connectivity index is 0.00000361. The number of halogens is 2. The van der Waals surface area contributed by atoms with Crippen molar-refractivity contribution in [1.29, 1.82) is 0 Å². The normalized spacial score (nSPS) is 12.1. The minimum Gasteiger partial charge on any atom is -0.329 e. The van der Waals surface area contributed by atoms with Crippen LogP contribution in [0.1, 0.15) is 32.3 Å². The maximum absolute atomic E-state index is 12.5. The maximum Gasteiger partial charge on any atom is 0.242 e. The highest BCUT2D eigenvalue weighted by Crippen LogP contribution is 2.25. The van der Waals surface area contributed by atoms with Crippen LogP contribution in [0.5, 0.6) is 0 Å². The molecule has 0 atom stereocenters. The lowest BCUT2D eigenvalue weighted by Crippen LogP contribution is -2.52. The Morgan fingerprint density at radius 1 is 1.30 bits per heavy atom. The lowest BCUT2D eigenvalue weighted by molar-refractivity contribution is 0.363. The highest BCUT2D eigenvalue weighted by Gasteiger charge is 2.31. The fraction of sp³-hybridized carbons (Fsp3) is 0.538. The molecule has 0 aromatic heterocycles. The molecule has 1 rings (SSSR count). The minimum atomic E-state index is -3.58. The predicted molar refractivity (Wildman–Crippen MR) is 88.8 cm³/mol. The molecule has 0 aliphatic heterocycles. The topological polar surface area (TPSA) is 72.2 Å². The average Bonchev–Trinajstić information content (AvgIpc) is 2.35. The average molecular weight is 386 g/mol. The van der Waals surface area contributed by atoms with Gasteiger partial charge in [-0.1, -0.05) is 19.9 Å². The largest absolute Gasteiger partial charge is 0.329 e. The van der Waals surface area contributed by atoms with Crippen LogP contribution in [-0.4, -0.2) is 20.5 Å². The summed E-state index contributed by atoms with van der Waals surface area (Å²) in [6, 6.07) is 5.17. The molecule has 0 aliphatic carbocycles. The quantitative estimate of drug-likeness (QED) is 0.790. The molecular weight excluding hydrogens is 364 g/mol. The van der Waals surface area contributed by atoms with Gasteiger partial charge in [-0.25, -0.2) is 13.1 Å². The molecule has 1 aromatic rings. The highest BCUT2D eigenvalue weighted by molar-refractivity contribution is 9.10. The van der Waals surface area contributed by atoms with Crippen molar-refractivity contribution in [3.8, 4) is 0 Å². The highest BCUT2D eigenvalue weighted by atomic mass is 79.9. The van der Waals surface area contributed by atoms with Crippen molar-refractivity contribution in [3.05, 3.63) is 28.2 Å². The van der Waals surface area contributed by atoms with E-state index < -0.39 is 15.6 Å². The summed E-state index contributed by atoms with van der Waals surface area (Å²) in [5.74, 6) is 0. The first-order chi connectivity index (χ1) is 8.80. The molecule has 0 saturated carbocycles. The lowest BCUT2D eigenvalue weighted by atomic mass is 9.95. The molecule has 20 heavy (non-hydrogen) atoms. The van der Waals surface area contributed by atoms with Gasteiger partial charge in [0.1, 0.15) is 0 Å². The molecule has 3 N–H and O–H groups in total. The van der Waals surface area contributed by atoms with Crippen molar-refractivity contribution in [2.45, 2.75) is 44.0 Å². The summed E-state index contributed by atoms with van der Waals surface area (Å²) in [7, 11) is -3.58. The van der Waals surface area contributed by atoms with E-state index in [1.807, 2.05) is 20.8 Å². The Morgan fingerprint density at radius 3 is 2.25 bits per heavy atom. The number of aryl methyl sites for hydroxylation is 1. The Hall–Kier alpha value is -0.140. The standard InChI is InChI=1S/C13H21BrN2O2S.ClH/c1-4-13(5-2,9-15)16-19(17,18)12-7-6-10(3)8-11(12)14;/h6-8,16H,4-5,9,15H2,1-3H3;1H. The molecule has 0 unspecified atom stereocenters. The zero-order chi connectivity index (χ0) is 14.7. The molecule has 0 heterocycles. The van der Waals surface area contributed by atoms with Crippen molar-refractivity contribution >= 4 is 38.4 Å². The van der Waals surface area contributed by atoms with E-state index in [1.165, 1.54) is 0 Å². The number of rotatable bonds is 6. The molecule has 0 radical (unpaired) electrons. The fourth-order valence-electron chi connectivity index (χ4n) is 1.89. The number of hydrogen-bond donors (Lipinski definition) is 2. The van der Waals surface area contributed by atoms with E-state index in [4.69, 9.17) is 5.73 Å². The summed E-state index contributed by atoms with van der Waals surface area (Å²) in [6.45, 7) is 6.06. The molecule has 0 aliphatic rings. The van der Waals surface area contributed by atoms with Gasteiger partial charge in [-0.2, -0.15) is 0 Å². The number of nitrogens with two attached hydrogens (primary N) is 1. The third-order valence-electron chi connectivity index (χ3n) is 3.47. The summed E-state index contributed by atoms with van der Waals surface area (Å²) in [4.78, 5) is 0.248. The van der Waals surface area contributed by atoms with Crippen molar-refractivity contribution in [1.82, 2.24) is 4.72 Å². The van der Waals surface area contributed by atoms with Crippen LogP contribution >= 0.6 is 28.3 Å². The van der Waals surface area contributed by atoms with E-state index in [2.05, 4.69) is 20.7 Å². The first-order valence-electron chi connectivity index (χ1n) is 6.30. The van der Waals surface area contributed by atoms with Gasteiger partial charge in [0.05, 0.1) is 4.90 Å². The summed E-state index contributed by atoms with van der Waals surface area (Å²) in [6.07, 6.45) is 1.31. The van der Waals surface area contributed by atoms with Crippen molar-refractivity contribution in [2.24, 2.45) is 5.73 Å².